The number of halogens is 2. The molecule has 2 aromatic rings. The number of hydrogen-bond donors (Lipinski definition) is 1. The molecule has 1 N–H and O–H groups in total. The zero-order valence-corrected chi connectivity index (χ0v) is 11.5. The summed E-state index contributed by atoms with van der Waals surface area (Å²) in [7, 11) is 1.49. The van der Waals surface area contributed by atoms with Gasteiger partial charge in [-0.15, -0.1) is 0 Å². The van der Waals surface area contributed by atoms with E-state index in [-0.39, 0.29) is 17.5 Å². The summed E-state index contributed by atoms with van der Waals surface area (Å²) in [6.45, 7) is 3.87. The molecule has 0 aliphatic rings. The van der Waals surface area contributed by atoms with E-state index in [9.17, 15) is 18.7 Å². The van der Waals surface area contributed by atoms with Gasteiger partial charge >= 0.3 is 5.69 Å². The quantitative estimate of drug-likeness (QED) is 0.939. The van der Waals surface area contributed by atoms with E-state index in [1.165, 1.54) is 11.6 Å². The van der Waals surface area contributed by atoms with E-state index in [0.29, 0.717) is 12.1 Å². The van der Waals surface area contributed by atoms with E-state index in [0.717, 1.165) is 22.8 Å². The van der Waals surface area contributed by atoms with Crippen LogP contribution < -0.4 is 5.69 Å². The Morgan fingerprint density at radius 2 is 1.95 bits per heavy atom. The summed E-state index contributed by atoms with van der Waals surface area (Å²) in [6, 6.07) is 2.76. The van der Waals surface area contributed by atoms with Crippen molar-refractivity contribution in [1.29, 1.82) is 0 Å². The molecular formula is C14H16F2N2O2. The van der Waals surface area contributed by atoms with Crippen molar-refractivity contribution in [2.24, 2.45) is 13.0 Å². The van der Waals surface area contributed by atoms with Crippen LogP contribution in [0.4, 0.5) is 8.78 Å². The zero-order valence-electron chi connectivity index (χ0n) is 11.5. The molecule has 0 spiro atoms. The fourth-order valence-corrected chi connectivity index (χ4v) is 2.12. The summed E-state index contributed by atoms with van der Waals surface area (Å²) in [5.41, 5.74) is -0.505. The highest BCUT2D eigenvalue weighted by Gasteiger charge is 2.21. The molecule has 4 nitrogen and oxygen atoms in total. The third-order valence-corrected chi connectivity index (χ3v) is 3.10. The molecule has 6 heteroatoms. The lowest BCUT2D eigenvalue weighted by Crippen LogP contribution is -2.22. The average molecular weight is 282 g/mol. The number of benzene rings is 1. The Balaban J connectivity index is 2.69. The van der Waals surface area contributed by atoms with Gasteiger partial charge in [0, 0.05) is 13.1 Å². The maximum absolute atomic E-state index is 13.8. The minimum absolute atomic E-state index is 0.208. The molecule has 2 rings (SSSR count). The summed E-state index contributed by atoms with van der Waals surface area (Å²) in [5, 5.41) is 10.2. The minimum atomic E-state index is -0.773. The van der Waals surface area contributed by atoms with Crippen molar-refractivity contribution in [2.45, 2.75) is 20.3 Å². The lowest BCUT2D eigenvalue weighted by atomic mass is 10.1. The number of hydrogen-bond acceptors (Lipinski definition) is 2. The molecule has 0 bridgehead atoms. The van der Waals surface area contributed by atoms with Gasteiger partial charge < -0.3 is 5.11 Å². The molecule has 108 valence electrons. The molecule has 20 heavy (non-hydrogen) atoms. The second-order valence-electron chi connectivity index (χ2n) is 5.14. The third kappa shape index (κ3) is 2.33. The predicted molar refractivity (Wildman–Crippen MR) is 71.1 cm³/mol. The minimum Gasteiger partial charge on any atom is -0.493 e. The van der Waals surface area contributed by atoms with Crippen LogP contribution in [0, 0.1) is 17.6 Å². The fraction of sp³-hybridized carbons (Fsp3) is 0.357. The van der Waals surface area contributed by atoms with E-state index < -0.39 is 17.3 Å². The van der Waals surface area contributed by atoms with E-state index in [2.05, 4.69) is 0 Å². The molecule has 1 heterocycles. The highest BCUT2D eigenvalue weighted by molar-refractivity contribution is 5.40. The first-order valence-electron chi connectivity index (χ1n) is 6.28. The third-order valence-electron chi connectivity index (χ3n) is 3.10. The Kier molecular flexibility index (Phi) is 3.65. The highest BCUT2D eigenvalue weighted by atomic mass is 19.1. The first-order chi connectivity index (χ1) is 9.32. The Labute approximate surface area is 114 Å². The normalized spacial score (nSPS) is 11.3. The molecular weight excluding hydrogens is 266 g/mol. The topological polar surface area (TPSA) is 47.2 Å². The van der Waals surface area contributed by atoms with Gasteiger partial charge in [-0.1, -0.05) is 13.8 Å². The van der Waals surface area contributed by atoms with Gasteiger partial charge in [-0.05, 0) is 24.5 Å². The van der Waals surface area contributed by atoms with Gasteiger partial charge in [-0.3, -0.25) is 4.57 Å². The van der Waals surface area contributed by atoms with Crippen molar-refractivity contribution >= 4 is 0 Å². The Morgan fingerprint density at radius 1 is 1.30 bits per heavy atom. The van der Waals surface area contributed by atoms with Crippen LogP contribution in [-0.4, -0.2) is 14.2 Å². The Hall–Kier alpha value is -2.11. The fourth-order valence-electron chi connectivity index (χ4n) is 2.12. The molecule has 1 aromatic heterocycles. The lowest BCUT2D eigenvalue weighted by molar-refractivity contribution is 0.426. The van der Waals surface area contributed by atoms with Crippen LogP contribution in [0.3, 0.4) is 0 Å². The molecule has 0 radical (unpaired) electrons. The van der Waals surface area contributed by atoms with E-state index in [1.54, 1.807) is 0 Å². The highest BCUT2D eigenvalue weighted by Crippen LogP contribution is 2.24. The Bertz CT molecular complexity index is 702. The molecule has 0 saturated carbocycles. The van der Waals surface area contributed by atoms with Crippen LogP contribution in [0.15, 0.2) is 23.0 Å². The van der Waals surface area contributed by atoms with E-state index in [1.807, 2.05) is 13.8 Å². The second kappa shape index (κ2) is 5.11. The predicted octanol–water partition coefficient (Wildman–Crippen LogP) is 2.36. The molecule has 0 aliphatic carbocycles. The van der Waals surface area contributed by atoms with Gasteiger partial charge in [0.1, 0.15) is 11.6 Å². The molecule has 1 aromatic carbocycles. The summed E-state index contributed by atoms with van der Waals surface area (Å²) < 4.78 is 29.1. The van der Waals surface area contributed by atoms with Crippen LogP contribution in [-0.2, 0) is 13.5 Å². The van der Waals surface area contributed by atoms with Crippen molar-refractivity contribution in [2.75, 3.05) is 0 Å². The van der Waals surface area contributed by atoms with Crippen LogP contribution in [0.2, 0.25) is 0 Å². The average Bonchev–Trinajstić information content (AvgIpc) is 2.57. The second-order valence-corrected chi connectivity index (χ2v) is 5.14. The molecule has 0 aliphatic heterocycles. The van der Waals surface area contributed by atoms with E-state index >= 15 is 0 Å². The van der Waals surface area contributed by atoms with Gasteiger partial charge in [0.05, 0.1) is 11.4 Å². The number of aromatic nitrogens is 2. The monoisotopic (exact) mass is 282 g/mol. The summed E-state index contributed by atoms with van der Waals surface area (Å²) >= 11 is 0. The number of nitrogens with zero attached hydrogens (tertiary/aromatic N) is 2. The van der Waals surface area contributed by atoms with Crippen molar-refractivity contribution in [1.82, 2.24) is 9.13 Å². The van der Waals surface area contributed by atoms with Gasteiger partial charge in [-0.2, -0.15) is 0 Å². The number of aromatic hydroxyl groups is 1. The van der Waals surface area contributed by atoms with Gasteiger partial charge in [0.2, 0.25) is 5.88 Å². The van der Waals surface area contributed by atoms with Crippen molar-refractivity contribution < 1.29 is 13.9 Å². The van der Waals surface area contributed by atoms with Gasteiger partial charge in [0.15, 0.2) is 0 Å². The molecule has 0 fully saturated rings. The van der Waals surface area contributed by atoms with Crippen LogP contribution in [0.5, 0.6) is 5.88 Å². The van der Waals surface area contributed by atoms with Crippen molar-refractivity contribution in [3.05, 3.63) is 46.0 Å². The van der Waals surface area contributed by atoms with E-state index in [4.69, 9.17) is 0 Å². The first kappa shape index (κ1) is 14.3. The standard InChI is InChI=1S/C14H16F2N2O2/c1-8(2)6-12-13(19)18(14(20)17(12)3)11-7-9(15)4-5-10(11)16/h4-5,7-8,19H,6H2,1-3H3. The number of imidazole rings is 1. The summed E-state index contributed by atoms with van der Waals surface area (Å²) in [6.07, 6.45) is 0.460. The zero-order chi connectivity index (χ0) is 15.0. The van der Waals surface area contributed by atoms with Gasteiger partial charge in [0.25, 0.3) is 0 Å². The van der Waals surface area contributed by atoms with Crippen molar-refractivity contribution in [3.8, 4) is 11.6 Å². The summed E-state index contributed by atoms with van der Waals surface area (Å²) in [5.74, 6) is -1.59. The maximum Gasteiger partial charge on any atom is 0.335 e. The SMILES string of the molecule is CC(C)Cc1c(O)n(-c2cc(F)ccc2F)c(=O)n1C. The van der Waals surface area contributed by atoms with Crippen LogP contribution in [0.25, 0.3) is 5.69 Å². The first-order valence-corrected chi connectivity index (χ1v) is 6.28. The largest absolute Gasteiger partial charge is 0.493 e. The maximum atomic E-state index is 13.8. The molecule has 0 amide bonds. The van der Waals surface area contributed by atoms with Crippen molar-refractivity contribution in [3.63, 3.8) is 0 Å². The lowest BCUT2D eigenvalue weighted by Gasteiger charge is -2.07. The smallest absolute Gasteiger partial charge is 0.335 e. The Morgan fingerprint density at radius 3 is 2.55 bits per heavy atom. The molecule has 0 atom stereocenters. The van der Waals surface area contributed by atoms with Gasteiger partial charge in [-0.25, -0.2) is 18.1 Å². The summed E-state index contributed by atoms with van der Waals surface area (Å²) in [4.78, 5) is 12.1. The van der Waals surface area contributed by atoms with Crippen LogP contribution >= 0.6 is 0 Å². The molecule has 0 saturated heterocycles. The number of rotatable bonds is 3. The molecule has 0 unspecified atom stereocenters. The van der Waals surface area contributed by atoms with Crippen LogP contribution in [0.1, 0.15) is 19.5 Å².